The quantitative estimate of drug-likeness (QED) is 0.250. The molecule has 0 aliphatic carbocycles. The molecule has 78 valence electrons. The summed E-state index contributed by atoms with van der Waals surface area (Å²) in [5, 5.41) is 0. The third-order valence-corrected chi connectivity index (χ3v) is 3.52. The van der Waals surface area contributed by atoms with Gasteiger partial charge in [-0.05, 0) is 0 Å². The first-order valence-electron chi connectivity index (χ1n) is 4.36. The summed E-state index contributed by atoms with van der Waals surface area (Å²) in [6, 6.07) is 8.93. The van der Waals surface area contributed by atoms with Crippen molar-refractivity contribution in [1.29, 1.82) is 0 Å². The van der Waals surface area contributed by atoms with Crippen molar-refractivity contribution in [2.45, 2.75) is 13.3 Å². The molecule has 0 unspecified atom stereocenters. The molecule has 0 bridgehead atoms. The van der Waals surface area contributed by atoms with E-state index in [0.29, 0.717) is 5.75 Å². The van der Waals surface area contributed by atoms with E-state index < -0.39 is 27.8 Å². The molecule has 0 saturated carbocycles. The van der Waals surface area contributed by atoms with Crippen LogP contribution >= 0.6 is 0 Å². The summed E-state index contributed by atoms with van der Waals surface area (Å²) in [6.07, 6.45) is 0.462. The molecule has 0 atom stereocenters. The van der Waals surface area contributed by atoms with Gasteiger partial charge in [0.15, 0.2) is 0 Å². The zero-order valence-corrected chi connectivity index (χ0v) is 10.1. The fourth-order valence-electron chi connectivity index (χ4n) is 0.761. The van der Waals surface area contributed by atoms with E-state index in [4.69, 9.17) is 7.80 Å². The van der Waals surface area contributed by atoms with Crippen molar-refractivity contribution < 1.29 is 34.2 Å². The first-order chi connectivity index (χ1) is 6.83. The molecular formula is C10H12IO3-. The molecule has 0 saturated heterocycles. The third-order valence-electron chi connectivity index (χ3n) is 1.33. The van der Waals surface area contributed by atoms with E-state index >= 15 is 0 Å². The second kappa shape index (κ2) is 6.64. The molecule has 0 aromatic heterocycles. The number of ether oxygens (including phenoxy) is 1. The fourth-order valence-corrected chi connectivity index (χ4v) is 1.77. The van der Waals surface area contributed by atoms with Crippen molar-refractivity contribution in [3.05, 3.63) is 30.3 Å². The average Bonchev–Trinajstić information content (AvgIpc) is 2.20. The van der Waals surface area contributed by atoms with Crippen LogP contribution in [0.4, 0.5) is 4.79 Å². The molecule has 0 spiro atoms. The number of alkyl halides is 1. The zero-order valence-electron chi connectivity index (χ0n) is 7.90. The van der Waals surface area contributed by atoms with Crippen LogP contribution in [-0.4, -0.2) is 10.6 Å². The molecule has 0 amide bonds. The van der Waals surface area contributed by atoms with Crippen LogP contribution in [0.25, 0.3) is 0 Å². The van der Waals surface area contributed by atoms with E-state index in [2.05, 4.69) is 6.92 Å². The molecule has 0 aliphatic heterocycles. The predicted octanol–water partition coefficient (Wildman–Crippen LogP) is -0.384. The van der Waals surface area contributed by atoms with E-state index in [1.165, 1.54) is 0 Å². The number of carbonyl (C=O) groups excluding carboxylic acids is 1. The van der Waals surface area contributed by atoms with Crippen LogP contribution in [0.15, 0.2) is 30.3 Å². The van der Waals surface area contributed by atoms with E-state index in [9.17, 15) is 4.79 Å². The minimum absolute atomic E-state index is 0.488. The summed E-state index contributed by atoms with van der Waals surface area (Å²) in [5.74, 6) is 0.526. The predicted molar refractivity (Wildman–Crippen MR) is 48.7 cm³/mol. The maximum atomic E-state index is 11.1. The van der Waals surface area contributed by atoms with E-state index in [1.54, 1.807) is 12.1 Å². The van der Waals surface area contributed by atoms with Gasteiger partial charge in [0.1, 0.15) is 0 Å². The normalized spacial score (nSPS) is 9.79. The van der Waals surface area contributed by atoms with Gasteiger partial charge in [-0.3, -0.25) is 0 Å². The topological polar surface area (TPSA) is 35.5 Å². The Labute approximate surface area is 94.2 Å². The maximum absolute atomic E-state index is 11.1. The molecule has 3 nitrogen and oxygen atoms in total. The van der Waals surface area contributed by atoms with Crippen LogP contribution in [0.5, 0.6) is 5.75 Å². The molecule has 0 fully saturated rings. The third kappa shape index (κ3) is 4.45. The number of hydrogen-bond acceptors (Lipinski definition) is 3. The molecule has 14 heavy (non-hydrogen) atoms. The van der Waals surface area contributed by atoms with Crippen LogP contribution in [0, 0.1) is 0 Å². The Kier molecular flexibility index (Phi) is 5.36. The van der Waals surface area contributed by atoms with Gasteiger partial charge in [0.05, 0.1) is 0 Å². The first-order valence-corrected chi connectivity index (χ1v) is 6.76. The number of hydrogen-bond donors (Lipinski definition) is 0. The van der Waals surface area contributed by atoms with Gasteiger partial charge in [-0.15, -0.1) is 0 Å². The average molecular weight is 307 g/mol. The summed E-state index contributed by atoms with van der Waals surface area (Å²) < 4.78 is 10.8. The Morgan fingerprint density at radius 2 is 2.07 bits per heavy atom. The van der Waals surface area contributed by atoms with Crippen LogP contribution in [0.3, 0.4) is 0 Å². The summed E-state index contributed by atoms with van der Waals surface area (Å²) in [4.78, 5) is 11.1. The van der Waals surface area contributed by atoms with E-state index in [1.807, 2.05) is 18.2 Å². The monoisotopic (exact) mass is 307 g/mol. The van der Waals surface area contributed by atoms with Crippen LogP contribution in [0.1, 0.15) is 13.3 Å². The Morgan fingerprint density at radius 3 is 2.71 bits per heavy atom. The fraction of sp³-hybridized carbons (Fsp3) is 0.300. The Balaban J connectivity index is 2.27. The molecule has 4 heteroatoms. The molecule has 1 aromatic carbocycles. The summed E-state index contributed by atoms with van der Waals surface area (Å²) in [6.45, 7) is 2.06. The van der Waals surface area contributed by atoms with Gasteiger partial charge in [0.25, 0.3) is 0 Å². The number of rotatable bonds is 4. The van der Waals surface area contributed by atoms with Gasteiger partial charge in [-0.1, -0.05) is 0 Å². The van der Waals surface area contributed by atoms with Crippen molar-refractivity contribution in [2.75, 3.05) is 4.43 Å². The molecule has 0 heterocycles. The zero-order chi connectivity index (χ0) is 10.2. The van der Waals surface area contributed by atoms with Crippen LogP contribution < -0.4 is 26.4 Å². The Bertz CT molecular complexity index is 274. The number of carbonyl (C=O) groups is 1. The Morgan fingerprint density at radius 1 is 1.36 bits per heavy atom. The SMILES string of the molecule is CCC[I-]OC(=O)Oc1ccccc1. The van der Waals surface area contributed by atoms with Crippen molar-refractivity contribution in [3.63, 3.8) is 0 Å². The van der Waals surface area contributed by atoms with Crippen molar-refractivity contribution >= 4 is 6.16 Å². The first kappa shape index (κ1) is 11.3. The van der Waals surface area contributed by atoms with Gasteiger partial charge in [-0.25, -0.2) is 0 Å². The van der Waals surface area contributed by atoms with E-state index in [-0.39, 0.29) is 0 Å². The van der Waals surface area contributed by atoms with Crippen molar-refractivity contribution in [2.24, 2.45) is 0 Å². The van der Waals surface area contributed by atoms with Gasteiger partial charge in [-0.2, -0.15) is 0 Å². The summed E-state index contributed by atoms with van der Waals surface area (Å²) in [5.41, 5.74) is 0. The van der Waals surface area contributed by atoms with Crippen molar-refractivity contribution in [3.8, 4) is 5.75 Å². The summed E-state index contributed by atoms with van der Waals surface area (Å²) in [7, 11) is 0. The van der Waals surface area contributed by atoms with Gasteiger partial charge in [0, 0.05) is 0 Å². The van der Waals surface area contributed by atoms with Crippen molar-refractivity contribution in [1.82, 2.24) is 0 Å². The van der Waals surface area contributed by atoms with Gasteiger partial charge >= 0.3 is 94.2 Å². The van der Waals surface area contributed by atoms with Crippen LogP contribution in [-0.2, 0) is 3.07 Å². The molecule has 1 rings (SSSR count). The van der Waals surface area contributed by atoms with Gasteiger partial charge in [0.2, 0.25) is 0 Å². The second-order valence-corrected chi connectivity index (χ2v) is 4.68. The van der Waals surface area contributed by atoms with Crippen LogP contribution in [0.2, 0.25) is 0 Å². The van der Waals surface area contributed by atoms with E-state index in [0.717, 1.165) is 10.8 Å². The second-order valence-electron chi connectivity index (χ2n) is 2.54. The minimum atomic E-state index is -0.586. The summed E-state index contributed by atoms with van der Waals surface area (Å²) >= 11 is -0.488. The molecule has 0 N–H and O–H groups in total. The molecule has 0 aliphatic rings. The number of benzene rings is 1. The molecule has 1 aromatic rings. The Hall–Kier alpha value is -0.780. The molecule has 0 radical (unpaired) electrons. The number of para-hydroxylation sites is 1. The standard InChI is InChI=1S/C10H12IO3/c1-2-8-11-14-10(12)13-9-6-4-3-5-7-9/h3-7H,2,8H2,1H3/q-1. The number of halogens is 1. The van der Waals surface area contributed by atoms with Gasteiger partial charge < -0.3 is 0 Å². The molecular weight excluding hydrogens is 295 g/mol.